The summed E-state index contributed by atoms with van der Waals surface area (Å²) in [5, 5.41) is 0. The fraction of sp³-hybridized carbons (Fsp3) is 0.400. The third-order valence-corrected chi connectivity index (χ3v) is 2.90. The van der Waals surface area contributed by atoms with E-state index in [0.29, 0.717) is 5.75 Å². The van der Waals surface area contributed by atoms with Crippen molar-refractivity contribution in [3.05, 3.63) is 23.8 Å². The fourth-order valence-corrected chi connectivity index (χ4v) is 2.19. The van der Waals surface area contributed by atoms with Crippen LogP contribution in [0.4, 0.5) is 0 Å². The molecule has 1 aliphatic heterocycles. The van der Waals surface area contributed by atoms with Crippen LogP contribution < -0.4 is 9.05 Å². The summed E-state index contributed by atoms with van der Waals surface area (Å²) in [6, 6.07) is 5.78. The molecule has 0 amide bonds. The van der Waals surface area contributed by atoms with Crippen LogP contribution in [0.2, 0.25) is 0 Å². The quantitative estimate of drug-likeness (QED) is 0.782. The molecule has 14 heavy (non-hydrogen) atoms. The van der Waals surface area contributed by atoms with Crippen LogP contribution in [-0.2, 0) is 6.42 Å². The van der Waals surface area contributed by atoms with Crippen molar-refractivity contribution in [2.45, 2.75) is 26.2 Å². The van der Waals surface area contributed by atoms with Gasteiger partial charge in [0.15, 0.2) is 11.5 Å². The normalized spacial score (nSPS) is 18.6. The third kappa shape index (κ3) is 1.84. The van der Waals surface area contributed by atoms with Gasteiger partial charge in [-0.3, -0.25) is 0 Å². The molecule has 0 fully saturated rings. The number of fused-ring (bicyclic) bond motifs is 1. The van der Waals surface area contributed by atoms with Crippen molar-refractivity contribution in [1.29, 1.82) is 0 Å². The van der Waals surface area contributed by atoms with Gasteiger partial charge in [-0.05, 0) is 24.5 Å². The molecule has 1 N–H and O–H groups in total. The minimum absolute atomic E-state index is 0.673. The zero-order valence-electron chi connectivity index (χ0n) is 8.06. The lowest BCUT2D eigenvalue weighted by atomic mass is 10.1. The Kier molecular flexibility index (Phi) is 2.90. The zero-order valence-corrected chi connectivity index (χ0v) is 8.96. The van der Waals surface area contributed by atoms with E-state index < -0.39 is 8.60 Å². The Morgan fingerprint density at radius 3 is 3.00 bits per heavy atom. The second kappa shape index (κ2) is 4.16. The van der Waals surface area contributed by atoms with Gasteiger partial charge in [0, 0.05) is 0 Å². The second-order valence-electron chi connectivity index (χ2n) is 3.27. The maximum absolute atomic E-state index is 9.22. The molecule has 0 bridgehead atoms. The van der Waals surface area contributed by atoms with Crippen molar-refractivity contribution in [1.82, 2.24) is 0 Å². The van der Waals surface area contributed by atoms with Gasteiger partial charge in [0.1, 0.15) is 0 Å². The highest BCUT2D eigenvalue weighted by Gasteiger charge is 2.26. The molecule has 0 saturated heterocycles. The van der Waals surface area contributed by atoms with Crippen molar-refractivity contribution in [3.8, 4) is 11.5 Å². The molecule has 3 nitrogen and oxygen atoms in total. The lowest BCUT2D eigenvalue weighted by Gasteiger charge is -2.03. The topological polar surface area (TPSA) is 38.7 Å². The summed E-state index contributed by atoms with van der Waals surface area (Å²) in [5.41, 5.74) is 1.13. The summed E-state index contributed by atoms with van der Waals surface area (Å²) in [6.07, 6.45) is 3.26. The van der Waals surface area contributed by atoms with Gasteiger partial charge in [-0.1, -0.05) is 25.5 Å². The van der Waals surface area contributed by atoms with Crippen LogP contribution in [0.3, 0.4) is 0 Å². The number of rotatable bonds is 3. The van der Waals surface area contributed by atoms with E-state index in [1.54, 1.807) is 0 Å². The number of unbranched alkanes of at least 4 members (excludes halogenated alkanes) is 1. The van der Waals surface area contributed by atoms with Crippen molar-refractivity contribution in [2.24, 2.45) is 0 Å². The zero-order chi connectivity index (χ0) is 9.97. The standard InChI is InChI=1S/C10H13O3P/c1-2-3-5-8-6-4-7-9-10(8)13-14(11)12-9/h4,6-7,11H,2-3,5H2,1H3. The van der Waals surface area contributed by atoms with E-state index in [1.165, 1.54) is 0 Å². The maximum atomic E-state index is 9.22. The van der Waals surface area contributed by atoms with Gasteiger partial charge in [-0.2, -0.15) is 0 Å². The summed E-state index contributed by atoms with van der Waals surface area (Å²) in [5.74, 6) is 1.40. The molecular weight excluding hydrogens is 199 g/mol. The van der Waals surface area contributed by atoms with Crippen LogP contribution in [0, 0.1) is 0 Å². The number of hydrogen-bond donors (Lipinski definition) is 1. The molecule has 1 aromatic carbocycles. The van der Waals surface area contributed by atoms with E-state index in [-0.39, 0.29) is 0 Å². The molecule has 2 rings (SSSR count). The monoisotopic (exact) mass is 212 g/mol. The molecule has 0 saturated carbocycles. The average molecular weight is 212 g/mol. The molecule has 1 atom stereocenters. The van der Waals surface area contributed by atoms with Gasteiger partial charge in [0.25, 0.3) is 0 Å². The first-order valence-electron chi connectivity index (χ1n) is 4.78. The Bertz CT molecular complexity index is 327. The van der Waals surface area contributed by atoms with Crippen molar-refractivity contribution >= 4 is 8.60 Å². The molecule has 4 heteroatoms. The van der Waals surface area contributed by atoms with Crippen molar-refractivity contribution < 1.29 is 13.9 Å². The summed E-state index contributed by atoms with van der Waals surface area (Å²) in [7, 11) is -1.72. The molecular formula is C10H13O3P. The van der Waals surface area contributed by atoms with Gasteiger partial charge >= 0.3 is 8.60 Å². The molecule has 76 valence electrons. The Hall–Kier alpha value is -0.790. The van der Waals surface area contributed by atoms with Crippen molar-refractivity contribution in [3.63, 3.8) is 0 Å². The molecule has 1 aromatic rings. The van der Waals surface area contributed by atoms with Crippen molar-refractivity contribution in [2.75, 3.05) is 0 Å². The van der Waals surface area contributed by atoms with E-state index in [9.17, 15) is 4.89 Å². The average Bonchev–Trinajstić information content (AvgIpc) is 2.55. The molecule has 0 aromatic heterocycles. The van der Waals surface area contributed by atoms with Crippen LogP contribution in [0.5, 0.6) is 11.5 Å². The summed E-state index contributed by atoms with van der Waals surface area (Å²) >= 11 is 0. The maximum Gasteiger partial charge on any atom is 0.460 e. The summed E-state index contributed by atoms with van der Waals surface area (Å²) in [6.45, 7) is 2.15. The van der Waals surface area contributed by atoms with Gasteiger partial charge in [-0.15, -0.1) is 0 Å². The summed E-state index contributed by atoms with van der Waals surface area (Å²) < 4.78 is 10.4. The van der Waals surface area contributed by atoms with E-state index >= 15 is 0 Å². The highest BCUT2D eigenvalue weighted by molar-refractivity contribution is 7.41. The Morgan fingerprint density at radius 2 is 2.21 bits per heavy atom. The lowest BCUT2D eigenvalue weighted by molar-refractivity contribution is 0.428. The highest BCUT2D eigenvalue weighted by Crippen LogP contribution is 2.51. The molecule has 0 aliphatic carbocycles. The van der Waals surface area contributed by atoms with Crippen LogP contribution in [0.1, 0.15) is 25.3 Å². The molecule has 1 heterocycles. The lowest BCUT2D eigenvalue weighted by Crippen LogP contribution is -1.87. The molecule has 0 radical (unpaired) electrons. The number of benzene rings is 1. The van der Waals surface area contributed by atoms with Gasteiger partial charge in [-0.25, -0.2) is 0 Å². The van der Waals surface area contributed by atoms with Crippen LogP contribution >= 0.6 is 8.60 Å². The smallest absolute Gasteiger partial charge is 0.414 e. The molecule has 0 spiro atoms. The first-order valence-corrected chi connectivity index (χ1v) is 5.91. The van der Waals surface area contributed by atoms with E-state index in [2.05, 4.69) is 6.92 Å². The predicted molar refractivity (Wildman–Crippen MR) is 55.4 cm³/mol. The van der Waals surface area contributed by atoms with E-state index in [0.717, 1.165) is 30.6 Å². The van der Waals surface area contributed by atoms with E-state index in [4.69, 9.17) is 9.05 Å². The third-order valence-electron chi connectivity index (χ3n) is 2.21. The van der Waals surface area contributed by atoms with E-state index in [1.807, 2.05) is 18.2 Å². The van der Waals surface area contributed by atoms with Gasteiger partial charge < -0.3 is 13.9 Å². The molecule has 1 aliphatic rings. The van der Waals surface area contributed by atoms with Gasteiger partial charge in [0.05, 0.1) is 0 Å². The molecule has 1 unspecified atom stereocenters. The first kappa shape index (κ1) is 9.75. The predicted octanol–water partition coefficient (Wildman–Crippen LogP) is 3.02. The minimum atomic E-state index is -1.72. The van der Waals surface area contributed by atoms with Crippen LogP contribution in [0.15, 0.2) is 18.2 Å². The fourth-order valence-electron chi connectivity index (χ4n) is 1.48. The Morgan fingerprint density at radius 1 is 1.36 bits per heavy atom. The second-order valence-corrected chi connectivity index (χ2v) is 4.11. The Balaban J connectivity index is 2.21. The van der Waals surface area contributed by atoms with Gasteiger partial charge in [0.2, 0.25) is 0 Å². The first-order chi connectivity index (χ1) is 6.81. The largest absolute Gasteiger partial charge is 0.460 e. The number of aryl methyl sites for hydroxylation is 1. The Labute approximate surface area is 84.7 Å². The highest BCUT2D eigenvalue weighted by atomic mass is 31.2. The summed E-state index contributed by atoms with van der Waals surface area (Å²) in [4.78, 5) is 9.22. The van der Waals surface area contributed by atoms with Crippen LogP contribution in [0.25, 0.3) is 0 Å². The number of hydrogen-bond acceptors (Lipinski definition) is 3. The van der Waals surface area contributed by atoms with Crippen LogP contribution in [-0.4, -0.2) is 4.89 Å². The number of para-hydroxylation sites is 1. The SMILES string of the molecule is CCCCc1cccc2c1OP(O)O2. The minimum Gasteiger partial charge on any atom is -0.414 e.